The quantitative estimate of drug-likeness (QED) is 0.828. The lowest BCUT2D eigenvalue weighted by atomic mass is 10.3. The third-order valence-corrected chi connectivity index (χ3v) is 2.45. The summed E-state index contributed by atoms with van der Waals surface area (Å²) in [6, 6.07) is 1.95. The molecule has 0 saturated carbocycles. The van der Waals surface area contributed by atoms with E-state index in [1.54, 1.807) is 4.52 Å². The van der Waals surface area contributed by atoms with E-state index >= 15 is 0 Å². The Kier molecular flexibility index (Phi) is 3.24. The summed E-state index contributed by atoms with van der Waals surface area (Å²) in [5.41, 5.74) is 0.918. The second-order valence-electron chi connectivity index (χ2n) is 3.75. The van der Waals surface area contributed by atoms with Gasteiger partial charge in [0.15, 0.2) is 0 Å². The van der Waals surface area contributed by atoms with Crippen LogP contribution in [-0.2, 0) is 0 Å². The number of hydrogen-bond acceptors (Lipinski definition) is 4. The van der Waals surface area contributed by atoms with E-state index in [0.29, 0.717) is 5.78 Å². The molecule has 0 aliphatic rings. The van der Waals surface area contributed by atoms with Crippen molar-refractivity contribution in [2.45, 2.75) is 25.6 Å². The Morgan fingerprint density at radius 3 is 3.12 bits per heavy atom. The van der Waals surface area contributed by atoms with Crippen LogP contribution in [0.2, 0.25) is 0 Å². The number of fused-ring (bicyclic) bond motifs is 1. The van der Waals surface area contributed by atoms with Crippen molar-refractivity contribution in [1.29, 1.82) is 0 Å². The molecular formula is C10H14ClN5. The van der Waals surface area contributed by atoms with Gasteiger partial charge in [0, 0.05) is 23.7 Å². The maximum Gasteiger partial charge on any atom is 0.254 e. The Labute approximate surface area is 98.9 Å². The van der Waals surface area contributed by atoms with E-state index in [9.17, 15) is 0 Å². The van der Waals surface area contributed by atoms with Gasteiger partial charge in [-0.2, -0.15) is 14.6 Å². The molecule has 6 heteroatoms. The minimum atomic E-state index is 0.168. The predicted octanol–water partition coefficient (Wildman–Crippen LogP) is 1.86. The number of rotatable bonds is 4. The van der Waals surface area contributed by atoms with E-state index in [2.05, 4.69) is 20.4 Å². The third kappa shape index (κ3) is 2.41. The summed E-state index contributed by atoms with van der Waals surface area (Å²) in [6.07, 6.45) is 2.40. The molecule has 0 fully saturated rings. The summed E-state index contributed by atoms with van der Waals surface area (Å²) in [6.45, 7) is 4.72. The smallest absolute Gasteiger partial charge is 0.254 e. The van der Waals surface area contributed by atoms with Gasteiger partial charge >= 0.3 is 0 Å². The van der Waals surface area contributed by atoms with Crippen LogP contribution in [-0.4, -0.2) is 31.5 Å². The molecule has 0 aromatic carbocycles. The first-order chi connectivity index (χ1) is 7.66. The van der Waals surface area contributed by atoms with Crippen LogP contribution >= 0.6 is 11.6 Å². The predicted molar refractivity (Wildman–Crippen MR) is 63.9 cm³/mol. The first kappa shape index (κ1) is 11.1. The van der Waals surface area contributed by atoms with E-state index in [4.69, 9.17) is 11.6 Å². The van der Waals surface area contributed by atoms with Crippen molar-refractivity contribution in [3.63, 3.8) is 0 Å². The number of hydrogen-bond donors (Lipinski definition) is 1. The highest BCUT2D eigenvalue weighted by Crippen LogP contribution is 2.10. The van der Waals surface area contributed by atoms with Crippen LogP contribution < -0.4 is 5.32 Å². The molecule has 16 heavy (non-hydrogen) atoms. The Bertz CT molecular complexity index is 479. The minimum absolute atomic E-state index is 0.168. The zero-order valence-electron chi connectivity index (χ0n) is 9.31. The molecule has 0 radical (unpaired) electrons. The van der Waals surface area contributed by atoms with E-state index in [0.717, 1.165) is 24.5 Å². The van der Waals surface area contributed by atoms with E-state index in [1.807, 2.05) is 19.9 Å². The zero-order chi connectivity index (χ0) is 11.5. The molecule has 2 aromatic rings. The SMILES string of the molecule is Cc1cc(NCCC(C)Cl)n2ncnc2n1. The molecular weight excluding hydrogens is 226 g/mol. The first-order valence-corrected chi connectivity index (χ1v) is 5.66. The van der Waals surface area contributed by atoms with Gasteiger partial charge in [-0.05, 0) is 20.3 Å². The number of halogens is 1. The standard InChI is InChI=1S/C10H14ClN5/c1-7(11)3-4-12-9-5-8(2)15-10-13-6-14-16(9)10/h5-7,12H,3-4H2,1-2H3. The molecule has 0 bridgehead atoms. The van der Waals surface area contributed by atoms with Gasteiger partial charge in [-0.15, -0.1) is 11.6 Å². The van der Waals surface area contributed by atoms with Gasteiger partial charge in [0.1, 0.15) is 12.1 Å². The highest BCUT2D eigenvalue weighted by Gasteiger charge is 2.05. The molecule has 1 N–H and O–H groups in total. The maximum absolute atomic E-state index is 5.89. The van der Waals surface area contributed by atoms with Crippen LogP contribution in [0.5, 0.6) is 0 Å². The van der Waals surface area contributed by atoms with Crippen LogP contribution in [0.4, 0.5) is 5.82 Å². The molecule has 0 saturated heterocycles. The lowest BCUT2D eigenvalue weighted by molar-refractivity contribution is 0.826. The van der Waals surface area contributed by atoms with E-state index in [1.165, 1.54) is 6.33 Å². The van der Waals surface area contributed by atoms with Crippen molar-refractivity contribution < 1.29 is 0 Å². The molecule has 5 nitrogen and oxygen atoms in total. The van der Waals surface area contributed by atoms with Gasteiger partial charge in [0.2, 0.25) is 0 Å². The van der Waals surface area contributed by atoms with Crippen LogP contribution in [0.1, 0.15) is 19.0 Å². The Hall–Kier alpha value is -1.36. The summed E-state index contributed by atoms with van der Waals surface area (Å²) in [5, 5.41) is 7.56. The van der Waals surface area contributed by atoms with Gasteiger partial charge in [-0.1, -0.05) is 0 Å². The highest BCUT2D eigenvalue weighted by molar-refractivity contribution is 6.20. The van der Waals surface area contributed by atoms with Crippen LogP contribution in [0.15, 0.2) is 12.4 Å². The Morgan fingerprint density at radius 2 is 2.38 bits per heavy atom. The lowest BCUT2D eigenvalue weighted by Crippen LogP contribution is -2.10. The molecule has 0 amide bonds. The molecule has 0 aliphatic carbocycles. The summed E-state index contributed by atoms with van der Waals surface area (Å²) < 4.78 is 1.69. The van der Waals surface area contributed by atoms with Crippen molar-refractivity contribution in [2.75, 3.05) is 11.9 Å². The fourth-order valence-electron chi connectivity index (χ4n) is 1.46. The van der Waals surface area contributed by atoms with Crippen molar-refractivity contribution in [1.82, 2.24) is 19.6 Å². The number of aryl methyl sites for hydroxylation is 1. The average molecular weight is 240 g/mol. The van der Waals surface area contributed by atoms with Crippen molar-refractivity contribution in [3.8, 4) is 0 Å². The van der Waals surface area contributed by atoms with Gasteiger partial charge in [-0.3, -0.25) is 0 Å². The first-order valence-electron chi connectivity index (χ1n) is 5.22. The van der Waals surface area contributed by atoms with Crippen molar-refractivity contribution in [2.24, 2.45) is 0 Å². The number of anilines is 1. The fourth-order valence-corrected chi connectivity index (χ4v) is 1.56. The maximum atomic E-state index is 5.89. The van der Waals surface area contributed by atoms with Gasteiger partial charge in [-0.25, -0.2) is 4.98 Å². The second-order valence-corrected chi connectivity index (χ2v) is 4.50. The molecule has 2 rings (SSSR count). The van der Waals surface area contributed by atoms with Crippen molar-refractivity contribution in [3.05, 3.63) is 18.1 Å². The fraction of sp³-hybridized carbons (Fsp3) is 0.500. The molecule has 1 unspecified atom stereocenters. The van der Waals surface area contributed by atoms with Crippen LogP contribution in [0, 0.1) is 6.92 Å². The largest absolute Gasteiger partial charge is 0.370 e. The second kappa shape index (κ2) is 4.65. The van der Waals surface area contributed by atoms with E-state index < -0.39 is 0 Å². The summed E-state index contributed by atoms with van der Waals surface area (Å²) >= 11 is 5.89. The van der Waals surface area contributed by atoms with Gasteiger partial charge in [0.25, 0.3) is 5.78 Å². The van der Waals surface area contributed by atoms with Gasteiger partial charge in [0.05, 0.1) is 0 Å². The number of nitrogens with zero attached hydrogens (tertiary/aromatic N) is 4. The molecule has 86 valence electrons. The van der Waals surface area contributed by atoms with Crippen LogP contribution in [0.3, 0.4) is 0 Å². The molecule has 2 heterocycles. The van der Waals surface area contributed by atoms with Gasteiger partial charge < -0.3 is 5.32 Å². The monoisotopic (exact) mass is 239 g/mol. The minimum Gasteiger partial charge on any atom is -0.370 e. The topological polar surface area (TPSA) is 55.1 Å². The lowest BCUT2D eigenvalue weighted by Gasteiger charge is -2.09. The summed E-state index contributed by atoms with van der Waals surface area (Å²) in [4.78, 5) is 8.32. The van der Waals surface area contributed by atoms with E-state index in [-0.39, 0.29) is 5.38 Å². The van der Waals surface area contributed by atoms with Crippen LogP contribution in [0.25, 0.3) is 5.78 Å². The molecule has 0 aliphatic heterocycles. The number of aromatic nitrogens is 4. The Morgan fingerprint density at radius 1 is 1.56 bits per heavy atom. The summed E-state index contributed by atoms with van der Waals surface area (Å²) in [7, 11) is 0. The highest BCUT2D eigenvalue weighted by atomic mass is 35.5. The Balaban J connectivity index is 2.19. The third-order valence-electron chi connectivity index (χ3n) is 2.23. The normalized spacial score (nSPS) is 12.9. The number of nitrogens with one attached hydrogen (secondary N) is 1. The average Bonchev–Trinajstić information content (AvgIpc) is 2.64. The molecule has 0 spiro atoms. The summed E-state index contributed by atoms with van der Waals surface area (Å²) in [5.74, 6) is 1.51. The van der Waals surface area contributed by atoms with Crippen molar-refractivity contribution >= 4 is 23.2 Å². The molecule has 2 aromatic heterocycles. The number of alkyl halides is 1. The molecule has 1 atom stereocenters. The zero-order valence-corrected chi connectivity index (χ0v) is 10.1.